The van der Waals surface area contributed by atoms with Gasteiger partial charge in [0.25, 0.3) is 0 Å². The molecule has 0 amide bonds. The second kappa shape index (κ2) is 7.11. The van der Waals surface area contributed by atoms with Crippen molar-refractivity contribution in [1.29, 1.82) is 0 Å². The molecule has 91 valence electrons. The Morgan fingerprint density at radius 3 is 2.61 bits per heavy atom. The van der Waals surface area contributed by atoms with Gasteiger partial charge in [0.2, 0.25) is 5.56 Å². The average Bonchev–Trinajstić information content (AvgIpc) is 2.28. The van der Waals surface area contributed by atoms with E-state index in [1.54, 1.807) is 17.7 Å². The number of rotatable bonds is 1. The third kappa shape index (κ3) is 3.54. The number of aromatic nitrogens is 1. The van der Waals surface area contributed by atoms with E-state index >= 15 is 0 Å². The molecule has 2 rings (SSSR count). The van der Waals surface area contributed by atoms with Crippen LogP contribution in [0.3, 0.4) is 0 Å². The summed E-state index contributed by atoms with van der Waals surface area (Å²) in [5, 5.41) is 0. The minimum absolute atomic E-state index is 0. The Hall–Kier alpha value is 0.964. The molecule has 0 saturated heterocycles. The number of hydrogen-bond acceptors (Lipinski definition) is 1. The van der Waals surface area contributed by atoms with Gasteiger partial charge in [-0.2, -0.15) is 12.1 Å². The van der Waals surface area contributed by atoms with Gasteiger partial charge in [0.15, 0.2) is 0 Å². The third-order valence-electron chi connectivity index (χ3n) is 2.37. The standard InChI is InChI=1S/C12H7Br2INO.Y/c1-16-11(5-4-10(15)12(16)17)8-3-2-7(13)6-9(8)14;/h2-4,6H,1H3;/q-1;. The van der Waals surface area contributed by atoms with Crippen molar-refractivity contribution >= 4 is 54.5 Å². The molecule has 0 spiro atoms. The fraction of sp³-hybridized carbons (Fsp3) is 0.0833. The summed E-state index contributed by atoms with van der Waals surface area (Å²) in [7, 11) is 1.75. The van der Waals surface area contributed by atoms with Crippen LogP contribution in [0.5, 0.6) is 0 Å². The first-order valence-corrected chi connectivity index (χ1v) is 7.40. The van der Waals surface area contributed by atoms with Crippen molar-refractivity contribution in [3.63, 3.8) is 0 Å². The first-order chi connectivity index (χ1) is 8.00. The van der Waals surface area contributed by atoms with Crippen LogP contribution in [0, 0.1) is 9.64 Å². The zero-order chi connectivity index (χ0) is 12.6. The molecule has 2 nitrogen and oxygen atoms in total. The molecule has 0 N–H and O–H groups in total. The van der Waals surface area contributed by atoms with Crippen molar-refractivity contribution in [1.82, 2.24) is 4.57 Å². The van der Waals surface area contributed by atoms with Crippen LogP contribution in [0.4, 0.5) is 0 Å². The second-order valence-electron chi connectivity index (χ2n) is 3.47. The van der Waals surface area contributed by atoms with Gasteiger partial charge in [-0.05, 0) is 14.1 Å². The SMILES string of the molecule is Cn1c(-c2ccc(Br)cc2Br)[c-]cc(I)c1=O.[Y]. The van der Waals surface area contributed by atoms with E-state index in [4.69, 9.17) is 0 Å². The predicted molar refractivity (Wildman–Crippen MR) is 84.1 cm³/mol. The Labute approximate surface area is 161 Å². The fourth-order valence-electron chi connectivity index (χ4n) is 1.49. The van der Waals surface area contributed by atoms with Gasteiger partial charge in [-0.25, -0.2) is 0 Å². The molecule has 18 heavy (non-hydrogen) atoms. The van der Waals surface area contributed by atoms with Gasteiger partial charge in [-0.1, -0.05) is 49.2 Å². The molecule has 1 radical (unpaired) electrons. The van der Waals surface area contributed by atoms with Crippen LogP contribution in [-0.4, -0.2) is 4.57 Å². The molecule has 0 unspecified atom stereocenters. The van der Waals surface area contributed by atoms with Crippen molar-refractivity contribution in [2.75, 3.05) is 0 Å². The summed E-state index contributed by atoms with van der Waals surface area (Å²) < 4.78 is 4.19. The van der Waals surface area contributed by atoms with Crippen LogP contribution in [-0.2, 0) is 39.8 Å². The summed E-state index contributed by atoms with van der Waals surface area (Å²) in [5.74, 6) is 0. The summed E-state index contributed by atoms with van der Waals surface area (Å²) in [6.07, 6.45) is 0. The van der Waals surface area contributed by atoms with Crippen molar-refractivity contribution in [3.05, 3.63) is 53.2 Å². The zero-order valence-corrected chi connectivity index (χ0v) is 17.5. The molecular formula is C12H7Br2INOY-. The Balaban J connectivity index is 0.00000162. The van der Waals surface area contributed by atoms with E-state index in [2.05, 4.69) is 37.9 Å². The largest absolute Gasteiger partial charge is 0.345 e. The Morgan fingerprint density at radius 2 is 2.00 bits per heavy atom. The molecular weight excluding hydrogens is 550 g/mol. The van der Waals surface area contributed by atoms with E-state index in [-0.39, 0.29) is 38.3 Å². The quantitative estimate of drug-likeness (QED) is 0.385. The van der Waals surface area contributed by atoms with E-state index in [1.807, 2.05) is 40.8 Å². The van der Waals surface area contributed by atoms with Crippen LogP contribution >= 0.6 is 54.5 Å². The molecule has 0 aliphatic rings. The Morgan fingerprint density at radius 1 is 1.33 bits per heavy atom. The van der Waals surface area contributed by atoms with E-state index in [1.165, 1.54) is 0 Å². The number of halogens is 3. The summed E-state index contributed by atoms with van der Waals surface area (Å²) >= 11 is 8.91. The average molecular weight is 557 g/mol. The maximum atomic E-state index is 11.9. The van der Waals surface area contributed by atoms with Crippen LogP contribution in [0.25, 0.3) is 11.3 Å². The fourth-order valence-corrected chi connectivity index (χ4v) is 3.24. The number of benzene rings is 1. The third-order valence-corrected chi connectivity index (χ3v) is 4.29. The Kier molecular flexibility index (Phi) is 6.72. The molecule has 1 heterocycles. The van der Waals surface area contributed by atoms with E-state index < -0.39 is 0 Å². The molecule has 1 aromatic carbocycles. The van der Waals surface area contributed by atoms with E-state index in [9.17, 15) is 4.79 Å². The maximum absolute atomic E-state index is 11.9. The minimum Gasteiger partial charge on any atom is -0.345 e. The molecule has 0 saturated carbocycles. The first-order valence-electron chi connectivity index (χ1n) is 4.73. The second-order valence-corrected chi connectivity index (χ2v) is 6.41. The summed E-state index contributed by atoms with van der Waals surface area (Å²) in [5.41, 5.74) is 1.72. The molecule has 0 aliphatic heterocycles. The number of pyridine rings is 1. The topological polar surface area (TPSA) is 22.0 Å². The van der Waals surface area contributed by atoms with Gasteiger partial charge in [-0.3, -0.25) is 4.79 Å². The monoisotopic (exact) mass is 555 g/mol. The van der Waals surface area contributed by atoms with Crippen molar-refractivity contribution < 1.29 is 32.7 Å². The van der Waals surface area contributed by atoms with Crippen LogP contribution in [0.1, 0.15) is 0 Å². The van der Waals surface area contributed by atoms with E-state index in [0.717, 1.165) is 20.2 Å². The Bertz CT molecular complexity index is 642. The molecule has 2 aromatic rings. The summed E-state index contributed by atoms with van der Waals surface area (Å²) in [4.78, 5) is 11.9. The normalized spacial score (nSPS) is 10.0. The molecule has 0 fully saturated rings. The molecule has 6 heteroatoms. The number of nitrogens with zero attached hydrogens (tertiary/aromatic N) is 1. The van der Waals surface area contributed by atoms with Gasteiger partial charge in [0.1, 0.15) is 0 Å². The number of hydrogen-bond donors (Lipinski definition) is 0. The smallest absolute Gasteiger partial charge is 0.207 e. The van der Waals surface area contributed by atoms with Crippen LogP contribution in [0.2, 0.25) is 0 Å². The zero-order valence-electron chi connectivity index (χ0n) is 9.38. The van der Waals surface area contributed by atoms with Gasteiger partial charge >= 0.3 is 0 Å². The van der Waals surface area contributed by atoms with Gasteiger partial charge in [0.05, 0.1) is 0 Å². The van der Waals surface area contributed by atoms with Crippen molar-refractivity contribution in [3.8, 4) is 11.3 Å². The van der Waals surface area contributed by atoms with Gasteiger partial charge in [-0.15, -0.1) is 28.7 Å². The van der Waals surface area contributed by atoms with Gasteiger partial charge in [0, 0.05) is 44.2 Å². The first kappa shape index (κ1) is 17.0. The summed E-state index contributed by atoms with van der Waals surface area (Å²) in [6, 6.07) is 10.7. The molecule has 0 aliphatic carbocycles. The van der Waals surface area contributed by atoms with Crippen LogP contribution < -0.4 is 5.56 Å². The predicted octanol–water partition coefficient (Wildman–Crippen LogP) is 3.98. The van der Waals surface area contributed by atoms with E-state index in [0.29, 0.717) is 3.57 Å². The maximum Gasteiger partial charge on any atom is 0.207 e. The summed E-state index contributed by atoms with van der Waals surface area (Å²) in [6.45, 7) is 0. The minimum atomic E-state index is -0.00540. The van der Waals surface area contributed by atoms with Crippen molar-refractivity contribution in [2.45, 2.75) is 0 Å². The van der Waals surface area contributed by atoms with Gasteiger partial charge < -0.3 is 4.57 Å². The van der Waals surface area contributed by atoms with Crippen LogP contribution in [0.15, 0.2) is 38.0 Å². The molecule has 1 aromatic heterocycles. The van der Waals surface area contributed by atoms with Crippen molar-refractivity contribution in [2.24, 2.45) is 7.05 Å². The molecule has 0 atom stereocenters. The molecule has 0 bridgehead atoms.